The first-order chi connectivity index (χ1) is 14.2. The quantitative estimate of drug-likeness (QED) is 0.619. The average Bonchev–Trinajstić information content (AvgIpc) is 3.13. The van der Waals surface area contributed by atoms with Crippen LogP contribution < -0.4 is 10.2 Å². The Hall–Kier alpha value is -2.10. The molecule has 0 atom stereocenters. The van der Waals surface area contributed by atoms with E-state index in [9.17, 15) is 8.42 Å². The third-order valence-electron chi connectivity index (χ3n) is 5.22. The molecule has 0 bridgehead atoms. The second kappa shape index (κ2) is 7.86. The van der Waals surface area contributed by atoms with Crippen LogP contribution >= 0.6 is 11.8 Å². The molecule has 160 valence electrons. The van der Waals surface area contributed by atoms with E-state index in [1.807, 2.05) is 18.4 Å². The van der Waals surface area contributed by atoms with Crippen molar-refractivity contribution in [3.63, 3.8) is 0 Å². The molecule has 0 unspecified atom stereocenters. The fraction of sp³-hybridized carbons (Fsp3) is 0.429. The lowest BCUT2D eigenvalue weighted by Gasteiger charge is -2.30. The van der Waals surface area contributed by atoms with Gasteiger partial charge in [0.05, 0.1) is 10.6 Å². The standard InChI is InChI=1S/C21H27N5O2S2/c1-21(2,3)16-14-17(25-12-10-22-11-13-25)26-19(23-16)18(20(24-26)29-4)30(27,28)15-8-6-5-7-9-15/h5-9,14,22H,10-13H2,1-4H3. The van der Waals surface area contributed by atoms with Gasteiger partial charge < -0.3 is 10.2 Å². The number of nitrogens with one attached hydrogen (secondary N) is 1. The molecule has 2 aromatic heterocycles. The van der Waals surface area contributed by atoms with Gasteiger partial charge in [0.2, 0.25) is 9.84 Å². The minimum atomic E-state index is -3.77. The molecule has 9 heteroatoms. The molecule has 1 fully saturated rings. The minimum absolute atomic E-state index is 0.184. The Balaban J connectivity index is 2.04. The lowest BCUT2D eigenvalue weighted by molar-refractivity contribution is 0.557. The van der Waals surface area contributed by atoms with Crippen molar-refractivity contribution in [2.24, 2.45) is 0 Å². The van der Waals surface area contributed by atoms with Gasteiger partial charge in [0.15, 0.2) is 10.5 Å². The molecule has 0 radical (unpaired) electrons. The van der Waals surface area contributed by atoms with E-state index in [1.54, 1.807) is 28.8 Å². The van der Waals surface area contributed by atoms with Crippen LogP contribution in [0.25, 0.3) is 5.65 Å². The molecule has 4 rings (SSSR count). The highest BCUT2D eigenvalue weighted by molar-refractivity contribution is 7.99. The molecule has 1 aromatic carbocycles. The third kappa shape index (κ3) is 3.70. The van der Waals surface area contributed by atoms with E-state index >= 15 is 0 Å². The summed E-state index contributed by atoms with van der Waals surface area (Å²) in [5, 5.41) is 8.53. The van der Waals surface area contributed by atoms with E-state index < -0.39 is 9.84 Å². The van der Waals surface area contributed by atoms with Gasteiger partial charge in [-0.25, -0.2) is 13.4 Å². The Morgan fingerprint density at radius 1 is 1.10 bits per heavy atom. The van der Waals surface area contributed by atoms with Crippen LogP contribution in [0.3, 0.4) is 0 Å². The predicted octanol–water partition coefficient (Wildman–Crippen LogP) is 2.99. The number of benzene rings is 1. The molecular formula is C21H27N5O2S2. The normalized spacial score (nSPS) is 15.7. The van der Waals surface area contributed by atoms with Crippen LogP contribution in [0.15, 0.2) is 51.2 Å². The Bertz CT molecular complexity index is 1160. The largest absolute Gasteiger partial charge is 0.354 e. The number of anilines is 1. The van der Waals surface area contributed by atoms with Crippen molar-refractivity contribution in [1.29, 1.82) is 0 Å². The SMILES string of the molecule is CSc1nn2c(N3CCNCC3)cc(C(C)(C)C)nc2c1S(=O)(=O)c1ccccc1. The summed E-state index contributed by atoms with van der Waals surface area (Å²) in [6.07, 6.45) is 1.85. The Labute approximate surface area is 181 Å². The van der Waals surface area contributed by atoms with E-state index in [-0.39, 0.29) is 15.2 Å². The zero-order chi connectivity index (χ0) is 21.5. The summed E-state index contributed by atoms with van der Waals surface area (Å²) in [6.45, 7) is 9.68. The lowest BCUT2D eigenvalue weighted by Crippen LogP contribution is -2.44. The van der Waals surface area contributed by atoms with E-state index in [4.69, 9.17) is 10.1 Å². The van der Waals surface area contributed by atoms with Gasteiger partial charge in [-0.05, 0) is 18.4 Å². The molecule has 1 saturated heterocycles. The van der Waals surface area contributed by atoms with Gasteiger partial charge in [-0.3, -0.25) is 0 Å². The molecule has 0 spiro atoms. The second-order valence-electron chi connectivity index (χ2n) is 8.38. The van der Waals surface area contributed by atoms with Crippen LogP contribution in [0, 0.1) is 0 Å². The lowest BCUT2D eigenvalue weighted by atomic mass is 9.92. The van der Waals surface area contributed by atoms with Gasteiger partial charge in [0, 0.05) is 37.7 Å². The van der Waals surface area contributed by atoms with Crippen LogP contribution in [0.2, 0.25) is 0 Å². The van der Waals surface area contributed by atoms with Crippen molar-refractivity contribution >= 4 is 33.1 Å². The zero-order valence-electron chi connectivity index (χ0n) is 17.7. The molecule has 3 aromatic rings. The number of hydrogen-bond donors (Lipinski definition) is 1. The molecular weight excluding hydrogens is 418 g/mol. The first kappa shape index (κ1) is 21.1. The van der Waals surface area contributed by atoms with Crippen LogP contribution in [0.4, 0.5) is 5.82 Å². The first-order valence-electron chi connectivity index (χ1n) is 9.97. The molecule has 0 amide bonds. The highest BCUT2D eigenvalue weighted by Crippen LogP contribution is 2.35. The minimum Gasteiger partial charge on any atom is -0.354 e. The Kier molecular flexibility index (Phi) is 5.54. The Morgan fingerprint density at radius 3 is 2.37 bits per heavy atom. The Morgan fingerprint density at radius 2 is 1.77 bits per heavy atom. The highest BCUT2D eigenvalue weighted by Gasteiger charge is 2.31. The zero-order valence-corrected chi connectivity index (χ0v) is 19.3. The maximum absolute atomic E-state index is 13.6. The predicted molar refractivity (Wildman–Crippen MR) is 120 cm³/mol. The summed E-state index contributed by atoms with van der Waals surface area (Å²) >= 11 is 1.33. The van der Waals surface area contributed by atoms with E-state index in [0.717, 1.165) is 37.7 Å². The average molecular weight is 446 g/mol. The monoisotopic (exact) mass is 445 g/mol. The van der Waals surface area contributed by atoms with E-state index in [0.29, 0.717) is 10.7 Å². The van der Waals surface area contributed by atoms with Crippen LogP contribution in [0.5, 0.6) is 0 Å². The summed E-state index contributed by atoms with van der Waals surface area (Å²) in [5.41, 5.74) is 1.01. The summed E-state index contributed by atoms with van der Waals surface area (Å²) in [7, 11) is -3.77. The van der Waals surface area contributed by atoms with Gasteiger partial charge in [0.1, 0.15) is 10.8 Å². The van der Waals surface area contributed by atoms with Gasteiger partial charge in [-0.2, -0.15) is 9.61 Å². The van der Waals surface area contributed by atoms with Crippen molar-refractivity contribution in [2.75, 3.05) is 37.3 Å². The van der Waals surface area contributed by atoms with Crippen molar-refractivity contribution in [2.45, 2.75) is 41.0 Å². The summed E-state index contributed by atoms with van der Waals surface area (Å²) < 4.78 is 28.9. The fourth-order valence-corrected chi connectivity index (χ4v) is 5.97. The molecule has 1 N–H and O–H groups in total. The van der Waals surface area contributed by atoms with Gasteiger partial charge >= 0.3 is 0 Å². The number of rotatable bonds is 4. The van der Waals surface area contributed by atoms with Crippen LogP contribution in [-0.4, -0.2) is 55.5 Å². The van der Waals surface area contributed by atoms with Crippen molar-refractivity contribution in [1.82, 2.24) is 19.9 Å². The second-order valence-corrected chi connectivity index (χ2v) is 11.1. The smallest absolute Gasteiger partial charge is 0.213 e. The fourth-order valence-electron chi connectivity index (χ4n) is 3.55. The maximum Gasteiger partial charge on any atom is 0.213 e. The van der Waals surface area contributed by atoms with Crippen LogP contribution in [-0.2, 0) is 15.3 Å². The first-order valence-corrected chi connectivity index (χ1v) is 12.7. The molecule has 1 aliphatic rings. The van der Waals surface area contributed by atoms with E-state index in [2.05, 4.69) is 31.0 Å². The van der Waals surface area contributed by atoms with Gasteiger partial charge in [0.25, 0.3) is 0 Å². The van der Waals surface area contributed by atoms with Gasteiger partial charge in [-0.1, -0.05) is 39.0 Å². The summed E-state index contributed by atoms with van der Waals surface area (Å²) in [4.78, 5) is 7.51. The van der Waals surface area contributed by atoms with Crippen molar-refractivity contribution in [3.8, 4) is 0 Å². The van der Waals surface area contributed by atoms with Crippen molar-refractivity contribution in [3.05, 3.63) is 42.1 Å². The number of thioether (sulfide) groups is 1. The number of nitrogens with zero attached hydrogens (tertiary/aromatic N) is 4. The molecule has 0 aliphatic carbocycles. The third-order valence-corrected chi connectivity index (χ3v) is 7.83. The number of aromatic nitrogens is 3. The molecule has 1 aliphatic heterocycles. The number of sulfone groups is 1. The van der Waals surface area contributed by atoms with Crippen LogP contribution in [0.1, 0.15) is 26.5 Å². The van der Waals surface area contributed by atoms with Gasteiger partial charge in [-0.15, -0.1) is 11.8 Å². The summed E-state index contributed by atoms with van der Waals surface area (Å²) in [5.74, 6) is 0.885. The van der Waals surface area contributed by atoms with Crippen molar-refractivity contribution < 1.29 is 8.42 Å². The molecule has 0 saturated carbocycles. The number of piperazine rings is 1. The topological polar surface area (TPSA) is 79.6 Å². The number of fused-ring (bicyclic) bond motifs is 1. The summed E-state index contributed by atoms with van der Waals surface area (Å²) in [6, 6.07) is 10.6. The van der Waals surface area contributed by atoms with E-state index in [1.165, 1.54) is 11.8 Å². The molecule has 30 heavy (non-hydrogen) atoms. The number of hydrogen-bond acceptors (Lipinski definition) is 7. The highest BCUT2D eigenvalue weighted by atomic mass is 32.2. The maximum atomic E-state index is 13.6. The molecule has 3 heterocycles. The molecule has 7 nitrogen and oxygen atoms in total.